The second-order valence-corrected chi connectivity index (χ2v) is 6.45. The third-order valence-corrected chi connectivity index (χ3v) is 4.43. The van der Waals surface area contributed by atoms with E-state index >= 15 is 0 Å². The molecule has 0 aliphatic heterocycles. The van der Waals surface area contributed by atoms with Crippen LogP contribution in [0.3, 0.4) is 0 Å². The Balaban J connectivity index is 1.92. The average Bonchev–Trinajstić information content (AvgIpc) is 2.58. The summed E-state index contributed by atoms with van der Waals surface area (Å²) in [6.07, 6.45) is -4.26. The van der Waals surface area contributed by atoms with Gasteiger partial charge in [-0.05, 0) is 43.3 Å². The summed E-state index contributed by atoms with van der Waals surface area (Å²) in [5, 5.41) is 5.50. The first-order valence-corrected chi connectivity index (χ1v) is 8.66. The highest BCUT2D eigenvalue weighted by Crippen LogP contribution is 2.31. The van der Waals surface area contributed by atoms with Crippen LogP contribution >= 0.6 is 11.8 Å². The average molecular weight is 382 g/mol. The lowest BCUT2D eigenvalue weighted by Gasteiger charge is -2.13. The number of rotatable bonds is 7. The topological polar surface area (TPSA) is 58.2 Å². The van der Waals surface area contributed by atoms with Crippen molar-refractivity contribution in [2.24, 2.45) is 0 Å². The molecule has 138 valence electrons. The Morgan fingerprint density at radius 2 is 1.69 bits per heavy atom. The third kappa shape index (κ3) is 6.44. The quantitative estimate of drug-likeness (QED) is 0.543. The van der Waals surface area contributed by atoms with Crippen molar-refractivity contribution in [2.45, 2.75) is 18.0 Å². The number of halogens is 3. The smallest absolute Gasteiger partial charge is 0.375 e. The van der Waals surface area contributed by atoms with Crippen LogP contribution in [0.15, 0.2) is 53.4 Å². The number of nitrogens with one attached hydrogen (secondary N) is 2. The number of hydrogen-bond acceptors (Lipinski definition) is 4. The van der Waals surface area contributed by atoms with E-state index in [-0.39, 0.29) is 18.2 Å². The van der Waals surface area contributed by atoms with Gasteiger partial charge in [-0.25, -0.2) is 0 Å². The number of para-hydroxylation sites is 1. The van der Waals surface area contributed by atoms with Crippen LogP contribution in [0.1, 0.15) is 17.3 Å². The van der Waals surface area contributed by atoms with E-state index in [9.17, 15) is 22.8 Å². The summed E-state index contributed by atoms with van der Waals surface area (Å²) in [5.41, 5.74) is 1.53. The van der Waals surface area contributed by atoms with Crippen molar-refractivity contribution in [2.75, 3.05) is 22.9 Å². The van der Waals surface area contributed by atoms with Gasteiger partial charge in [-0.3, -0.25) is 9.59 Å². The van der Waals surface area contributed by atoms with Crippen LogP contribution in [0.5, 0.6) is 0 Å². The summed E-state index contributed by atoms with van der Waals surface area (Å²) in [7, 11) is 0. The normalized spacial score (nSPS) is 11.1. The van der Waals surface area contributed by atoms with Crippen molar-refractivity contribution >= 4 is 34.8 Å². The number of anilines is 2. The van der Waals surface area contributed by atoms with E-state index in [1.54, 1.807) is 48.5 Å². The highest BCUT2D eigenvalue weighted by atomic mass is 32.2. The molecule has 0 atom stereocenters. The minimum atomic E-state index is -4.26. The van der Waals surface area contributed by atoms with E-state index < -0.39 is 11.9 Å². The van der Waals surface area contributed by atoms with Crippen LogP contribution in [0.2, 0.25) is 0 Å². The molecule has 2 aromatic rings. The lowest BCUT2D eigenvalue weighted by atomic mass is 10.1. The van der Waals surface area contributed by atoms with Gasteiger partial charge in [0.2, 0.25) is 5.91 Å². The summed E-state index contributed by atoms with van der Waals surface area (Å²) in [5.74, 6) is -1.42. The number of alkyl halides is 3. The minimum Gasteiger partial charge on any atom is -0.375 e. The molecule has 1 amide bonds. The molecule has 0 fully saturated rings. The second-order valence-electron chi connectivity index (χ2n) is 5.44. The summed E-state index contributed by atoms with van der Waals surface area (Å²) >= 11 is 0.663. The van der Waals surface area contributed by atoms with Gasteiger partial charge in [0, 0.05) is 21.8 Å². The van der Waals surface area contributed by atoms with E-state index in [1.165, 1.54) is 6.92 Å². The van der Waals surface area contributed by atoms with Crippen molar-refractivity contribution in [1.29, 1.82) is 0 Å². The monoisotopic (exact) mass is 382 g/mol. The molecular weight excluding hydrogens is 365 g/mol. The number of thioether (sulfide) groups is 1. The van der Waals surface area contributed by atoms with Gasteiger partial charge < -0.3 is 10.6 Å². The zero-order chi connectivity index (χ0) is 19.2. The summed E-state index contributed by atoms with van der Waals surface area (Å²) in [6.45, 7) is 1.35. The number of benzene rings is 2. The molecular formula is C18H17F3N2O2S. The van der Waals surface area contributed by atoms with Crippen LogP contribution in [-0.4, -0.2) is 30.2 Å². The third-order valence-electron chi connectivity index (χ3n) is 3.29. The van der Waals surface area contributed by atoms with E-state index in [2.05, 4.69) is 10.6 Å². The van der Waals surface area contributed by atoms with Crippen LogP contribution < -0.4 is 10.6 Å². The molecule has 0 aliphatic rings. The lowest BCUT2D eigenvalue weighted by molar-refractivity contribution is -0.114. The zero-order valence-corrected chi connectivity index (χ0v) is 14.7. The second kappa shape index (κ2) is 8.75. The summed E-state index contributed by atoms with van der Waals surface area (Å²) in [6, 6.07) is 12.9. The molecule has 0 saturated carbocycles. The first-order valence-electron chi connectivity index (χ1n) is 7.68. The number of Topliss-reactive ketones (excluding diaryl/α,β-unsaturated/α-hetero) is 1. The highest BCUT2D eigenvalue weighted by Gasteiger charge is 2.27. The fraction of sp³-hybridized carbons (Fsp3) is 0.222. The number of ketones is 1. The number of hydrogen-bond donors (Lipinski definition) is 2. The largest absolute Gasteiger partial charge is 0.398 e. The van der Waals surface area contributed by atoms with Gasteiger partial charge in [-0.1, -0.05) is 12.1 Å². The fourth-order valence-corrected chi connectivity index (χ4v) is 2.86. The predicted molar refractivity (Wildman–Crippen MR) is 96.8 cm³/mol. The number of carbonyl (C=O) groups excluding carboxylic acids is 2. The van der Waals surface area contributed by atoms with E-state index in [1.807, 2.05) is 0 Å². The molecule has 0 aliphatic carbocycles. The zero-order valence-electron chi connectivity index (χ0n) is 13.9. The summed E-state index contributed by atoms with van der Waals surface area (Å²) < 4.78 is 37.1. The van der Waals surface area contributed by atoms with Crippen molar-refractivity contribution in [3.8, 4) is 0 Å². The number of carbonyl (C=O) groups is 2. The van der Waals surface area contributed by atoms with Gasteiger partial charge in [0.25, 0.3) is 0 Å². The SMILES string of the molecule is CC(=O)c1ccc(NC(=O)CNc2ccccc2SCC(F)(F)F)cc1. The van der Waals surface area contributed by atoms with Gasteiger partial charge >= 0.3 is 6.18 Å². The van der Waals surface area contributed by atoms with E-state index in [0.29, 0.717) is 33.6 Å². The maximum absolute atomic E-state index is 12.4. The molecule has 26 heavy (non-hydrogen) atoms. The van der Waals surface area contributed by atoms with Crippen molar-refractivity contribution < 1.29 is 22.8 Å². The van der Waals surface area contributed by atoms with Crippen LogP contribution in [0, 0.1) is 0 Å². The Morgan fingerprint density at radius 1 is 1.04 bits per heavy atom. The number of amides is 1. The Kier molecular flexibility index (Phi) is 6.68. The molecule has 0 aromatic heterocycles. The molecule has 2 aromatic carbocycles. The first kappa shape index (κ1) is 19.8. The Labute approximate surface area is 153 Å². The highest BCUT2D eigenvalue weighted by molar-refractivity contribution is 7.99. The molecule has 0 bridgehead atoms. The van der Waals surface area contributed by atoms with Crippen molar-refractivity contribution in [1.82, 2.24) is 0 Å². The van der Waals surface area contributed by atoms with Crippen LogP contribution in [0.4, 0.5) is 24.5 Å². The van der Waals surface area contributed by atoms with E-state index in [0.717, 1.165) is 0 Å². The van der Waals surface area contributed by atoms with Gasteiger partial charge in [0.05, 0.1) is 12.3 Å². The van der Waals surface area contributed by atoms with Crippen LogP contribution in [-0.2, 0) is 4.79 Å². The molecule has 0 saturated heterocycles. The Morgan fingerprint density at radius 3 is 2.31 bits per heavy atom. The standard InChI is InChI=1S/C18H17F3N2O2S/c1-12(24)13-6-8-14(9-7-13)23-17(25)10-22-15-4-2-3-5-16(15)26-11-18(19,20)21/h2-9,22H,10-11H2,1H3,(H,23,25). The molecule has 0 radical (unpaired) electrons. The van der Waals surface area contributed by atoms with Gasteiger partial charge in [-0.2, -0.15) is 13.2 Å². The first-order chi connectivity index (χ1) is 12.2. The van der Waals surface area contributed by atoms with Gasteiger partial charge in [0.15, 0.2) is 5.78 Å². The molecule has 2 rings (SSSR count). The summed E-state index contributed by atoms with van der Waals surface area (Å²) in [4.78, 5) is 23.6. The maximum atomic E-state index is 12.4. The molecule has 0 unspecified atom stereocenters. The maximum Gasteiger partial charge on any atom is 0.398 e. The fourth-order valence-electron chi connectivity index (χ4n) is 2.07. The predicted octanol–water partition coefficient (Wildman–Crippen LogP) is 4.59. The van der Waals surface area contributed by atoms with Gasteiger partial charge in [-0.15, -0.1) is 11.8 Å². The van der Waals surface area contributed by atoms with Crippen molar-refractivity contribution in [3.63, 3.8) is 0 Å². The Hall–Kier alpha value is -2.48. The molecule has 2 N–H and O–H groups in total. The molecule has 0 spiro atoms. The van der Waals surface area contributed by atoms with Crippen molar-refractivity contribution in [3.05, 3.63) is 54.1 Å². The molecule has 0 heterocycles. The van der Waals surface area contributed by atoms with E-state index in [4.69, 9.17) is 0 Å². The molecule has 8 heteroatoms. The van der Waals surface area contributed by atoms with Crippen LogP contribution in [0.25, 0.3) is 0 Å². The lowest BCUT2D eigenvalue weighted by Crippen LogP contribution is -2.22. The van der Waals surface area contributed by atoms with Gasteiger partial charge in [0.1, 0.15) is 0 Å². The Bertz CT molecular complexity index is 777. The minimum absolute atomic E-state index is 0.0718. The molecule has 4 nitrogen and oxygen atoms in total.